The highest BCUT2D eigenvalue weighted by Gasteiger charge is 2.36. The van der Waals surface area contributed by atoms with Crippen LogP contribution in [0, 0.1) is 5.92 Å². The summed E-state index contributed by atoms with van der Waals surface area (Å²) < 4.78 is 5.36. The van der Waals surface area contributed by atoms with Crippen molar-refractivity contribution < 1.29 is 9.53 Å². The summed E-state index contributed by atoms with van der Waals surface area (Å²) >= 11 is 0. The molecular weight excluding hydrogens is 214 g/mol. The van der Waals surface area contributed by atoms with Crippen molar-refractivity contribution in [2.45, 2.75) is 57.6 Å². The molecule has 0 aromatic heterocycles. The maximum absolute atomic E-state index is 11.9. The van der Waals surface area contributed by atoms with Gasteiger partial charge in [-0.05, 0) is 39.2 Å². The molecule has 0 radical (unpaired) electrons. The van der Waals surface area contributed by atoms with Gasteiger partial charge >= 0.3 is 0 Å². The molecule has 3 unspecified atom stereocenters. The number of methoxy groups -OCH3 is 1. The van der Waals surface area contributed by atoms with Crippen LogP contribution < -0.4 is 0 Å². The fourth-order valence-electron chi connectivity index (χ4n) is 3.35. The topological polar surface area (TPSA) is 29.5 Å². The average Bonchev–Trinajstić information content (AvgIpc) is 2.76. The van der Waals surface area contributed by atoms with E-state index in [0.717, 1.165) is 32.4 Å². The van der Waals surface area contributed by atoms with Crippen LogP contribution in [0.1, 0.15) is 45.4 Å². The monoisotopic (exact) mass is 239 g/mol. The standard InChI is InChI=1S/C14H25NO2/c1-11(17-2)10-15-9-4-3-7-13(15)12-6-5-8-14(12)16/h11-13H,3-10H2,1-2H3. The number of carbonyl (C=O) groups is 1. The van der Waals surface area contributed by atoms with Crippen LogP contribution in [0.4, 0.5) is 0 Å². The molecule has 1 heterocycles. The molecule has 0 N–H and O–H groups in total. The van der Waals surface area contributed by atoms with Crippen molar-refractivity contribution >= 4 is 5.78 Å². The zero-order chi connectivity index (χ0) is 12.3. The molecule has 1 saturated carbocycles. The SMILES string of the molecule is COC(C)CN1CCCCC1C1CCCC1=O. The maximum Gasteiger partial charge on any atom is 0.137 e. The minimum absolute atomic E-state index is 0.270. The quantitative estimate of drug-likeness (QED) is 0.753. The lowest BCUT2D eigenvalue weighted by atomic mass is 9.88. The lowest BCUT2D eigenvalue weighted by Gasteiger charge is -2.39. The highest BCUT2D eigenvalue weighted by atomic mass is 16.5. The zero-order valence-corrected chi connectivity index (χ0v) is 11.2. The Morgan fingerprint density at radius 3 is 2.82 bits per heavy atom. The molecule has 3 nitrogen and oxygen atoms in total. The molecule has 0 aromatic rings. The predicted molar refractivity (Wildman–Crippen MR) is 68.0 cm³/mol. The summed E-state index contributed by atoms with van der Waals surface area (Å²) in [6, 6.07) is 0.497. The van der Waals surface area contributed by atoms with E-state index >= 15 is 0 Å². The van der Waals surface area contributed by atoms with Crippen LogP contribution in [0.5, 0.6) is 0 Å². The second kappa shape index (κ2) is 5.96. The molecule has 0 amide bonds. The summed E-state index contributed by atoms with van der Waals surface area (Å²) in [5.41, 5.74) is 0. The van der Waals surface area contributed by atoms with E-state index in [1.165, 1.54) is 19.3 Å². The van der Waals surface area contributed by atoms with Gasteiger partial charge in [-0.3, -0.25) is 9.69 Å². The molecule has 17 heavy (non-hydrogen) atoms. The van der Waals surface area contributed by atoms with E-state index in [9.17, 15) is 4.79 Å². The lowest BCUT2D eigenvalue weighted by molar-refractivity contribution is -0.123. The summed E-state index contributed by atoms with van der Waals surface area (Å²) in [5.74, 6) is 0.825. The zero-order valence-electron chi connectivity index (χ0n) is 11.2. The summed E-state index contributed by atoms with van der Waals surface area (Å²) in [5, 5.41) is 0. The molecular formula is C14H25NO2. The number of ether oxygens (including phenoxy) is 1. The van der Waals surface area contributed by atoms with Crippen molar-refractivity contribution in [1.29, 1.82) is 0 Å². The number of carbonyl (C=O) groups excluding carboxylic acids is 1. The van der Waals surface area contributed by atoms with E-state index in [-0.39, 0.29) is 6.10 Å². The first-order valence-electron chi connectivity index (χ1n) is 7.02. The Bertz CT molecular complexity index is 267. The summed E-state index contributed by atoms with van der Waals surface area (Å²) in [4.78, 5) is 14.4. The van der Waals surface area contributed by atoms with Gasteiger partial charge in [-0.25, -0.2) is 0 Å². The van der Waals surface area contributed by atoms with Crippen LogP contribution in [0.2, 0.25) is 0 Å². The van der Waals surface area contributed by atoms with Crippen LogP contribution in [-0.4, -0.2) is 43.0 Å². The Morgan fingerprint density at radius 2 is 2.18 bits per heavy atom. The molecule has 3 atom stereocenters. The number of rotatable bonds is 4. The third-order valence-corrected chi connectivity index (χ3v) is 4.37. The first-order valence-corrected chi connectivity index (χ1v) is 7.02. The van der Waals surface area contributed by atoms with Crippen LogP contribution in [-0.2, 0) is 9.53 Å². The van der Waals surface area contributed by atoms with Gasteiger partial charge in [0.1, 0.15) is 5.78 Å². The molecule has 1 aliphatic heterocycles. The van der Waals surface area contributed by atoms with Crippen LogP contribution in [0.3, 0.4) is 0 Å². The molecule has 0 bridgehead atoms. The number of piperidine rings is 1. The van der Waals surface area contributed by atoms with Gasteiger partial charge in [-0.15, -0.1) is 0 Å². The van der Waals surface area contributed by atoms with Gasteiger partial charge in [0.05, 0.1) is 6.10 Å². The predicted octanol–water partition coefficient (Wildman–Crippen LogP) is 2.25. The van der Waals surface area contributed by atoms with Crippen LogP contribution in [0.25, 0.3) is 0 Å². The summed E-state index contributed by atoms with van der Waals surface area (Å²) in [6.07, 6.45) is 7.06. The van der Waals surface area contributed by atoms with Gasteiger partial charge in [0, 0.05) is 32.0 Å². The summed E-state index contributed by atoms with van der Waals surface area (Å²) in [6.45, 7) is 4.23. The number of hydrogen-bond acceptors (Lipinski definition) is 3. The second-order valence-corrected chi connectivity index (χ2v) is 5.57. The first-order chi connectivity index (χ1) is 8.22. The third-order valence-electron chi connectivity index (χ3n) is 4.37. The van der Waals surface area contributed by atoms with Gasteiger partial charge in [-0.1, -0.05) is 6.42 Å². The molecule has 0 aromatic carbocycles. The Kier molecular flexibility index (Phi) is 4.57. The minimum atomic E-state index is 0.270. The molecule has 0 spiro atoms. The largest absolute Gasteiger partial charge is 0.380 e. The fraction of sp³-hybridized carbons (Fsp3) is 0.929. The number of hydrogen-bond donors (Lipinski definition) is 0. The van der Waals surface area contributed by atoms with Gasteiger partial charge in [0.25, 0.3) is 0 Å². The van der Waals surface area contributed by atoms with E-state index in [4.69, 9.17) is 4.74 Å². The van der Waals surface area contributed by atoms with Crippen LogP contribution >= 0.6 is 0 Å². The minimum Gasteiger partial charge on any atom is -0.380 e. The number of nitrogens with zero attached hydrogens (tertiary/aromatic N) is 1. The number of Topliss-reactive ketones (excluding diaryl/α,β-unsaturated/α-hetero) is 1. The van der Waals surface area contributed by atoms with Crippen molar-refractivity contribution in [3.8, 4) is 0 Å². The number of ketones is 1. The van der Waals surface area contributed by atoms with Gasteiger partial charge in [0.15, 0.2) is 0 Å². The normalized spacial score (nSPS) is 32.9. The Morgan fingerprint density at radius 1 is 1.35 bits per heavy atom. The highest BCUT2D eigenvalue weighted by molar-refractivity contribution is 5.83. The highest BCUT2D eigenvalue weighted by Crippen LogP contribution is 2.32. The Balaban J connectivity index is 1.98. The van der Waals surface area contributed by atoms with Crippen molar-refractivity contribution in [3.05, 3.63) is 0 Å². The smallest absolute Gasteiger partial charge is 0.137 e. The van der Waals surface area contributed by atoms with Gasteiger partial charge in [-0.2, -0.15) is 0 Å². The van der Waals surface area contributed by atoms with E-state index in [2.05, 4.69) is 11.8 Å². The van der Waals surface area contributed by atoms with Crippen molar-refractivity contribution in [3.63, 3.8) is 0 Å². The van der Waals surface area contributed by atoms with E-state index in [1.807, 2.05) is 0 Å². The Hall–Kier alpha value is -0.410. The lowest BCUT2D eigenvalue weighted by Crippen LogP contribution is -2.48. The molecule has 98 valence electrons. The summed E-state index contributed by atoms with van der Waals surface area (Å²) in [7, 11) is 1.77. The third kappa shape index (κ3) is 3.08. The van der Waals surface area contributed by atoms with E-state index in [0.29, 0.717) is 17.7 Å². The molecule has 2 rings (SSSR count). The second-order valence-electron chi connectivity index (χ2n) is 5.57. The molecule has 1 saturated heterocycles. The van der Waals surface area contributed by atoms with Crippen molar-refractivity contribution in [2.24, 2.45) is 5.92 Å². The molecule has 3 heteroatoms. The van der Waals surface area contributed by atoms with Gasteiger partial charge < -0.3 is 4.74 Å². The average molecular weight is 239 g/mol. The van der Waals surface area contributed by atoms with Crippen molar-refractivity contribution in [2.75, 3.05) is 20.2 Å². The van der Waals surface area contributed by atoms with Crippen molar-refractivity contribution in [1.82, 2.24) is 4.90 Å². The Labute approximate surface area is 105 Å². The van der Waals surface area contributed by atoms with E-state index in [1.54, 1.807) is 7.11 Å². The number of likely N-dealkylation sites (tertiary alicyclic amines) is 1. The molecule has 2 fully saturated rings. The maximum atomic E-state index is 11.9. The van der Waals surface area contributed by atoms with E-state index < -0.39 is 0 Å². The molecule has 1 aliphatic carbocycles. The van der Waals surface area contributed by atoms with Crippen LogP contribution in [0.15, 0.2) is 0 Å². The first kappa shape index (κ1) is 13.0. The van der Waals surface area contributed by atoms with Gasteiger partial charge in [0.2, 0.25) is 0 Å². The molecule has 2 aliphatic rings. The fourth-order valence-corrected chi connectivity index (χ4v) is 3.35.